The molecule has 1 aromatic carbocycles. The quantitative estimate of drug-likeness (QED) is 0.777. The average molecular weight is 367 g/mol. The molecule has 3 heterocycles. The SMILES string of the molecule is C[C@H]1c2cc3c(cc2C2(CCCC2)CN1C(=O)c1ccnn1C)OCCO3. The molecule has 1 atom stereocenters. The maximum absolute atomic E-state index is 13.3. The van der Waals surface area contributed by atoms with E-state index in [0.717, 1.165) is 30.9 Å². The second-order valence-corrected chi connectivity index (χ2v) is 8.02. The molecule has 1 amide bonds. The van der Waals surface area contributed by atoms with Crippen LogP contribution in [0.25, 0.3) is 0 Å². The number of carbonyl (C=O) groups is 1. The topological polar surface area (TPSA) is 56.6 Å². The first kappa shape index (κ1) is 16.7. The number of hydrogen-bond acceptors (Lipinski definition) is 4. The summed E-state index contributed by atoms with van der Waals surface area (Å²) in [6.45, 7) is 4.04. The van der Waals surface area contributed by atoms with E-state index in [-0.39, 0.29) is 17.4 Å². The van der Waals surface area contributed by atoms with Gasteiger partial charge in [0.25, 0.3) is 5.91 Å². The molecule has 1 spiro atoms. The van der Waals surface area contributed by atoms with E-state index < -0.39 is 0 Å². The monoisotopic (exact) mass is 367 g/mol. The fraction of sp³-hybridized carbons (Fsp3) is 0.524. The third-order valence-corrected chi connectivity index (χ3v) is 6.54. The van der Waals surface area contributed by atoms with Crippen molar-refractivity contribution in [2.75, 3.05) is 19.8 Å². The Kier molecular flexibility index (Phi) is 3.71. The standard InChI is InChI=1S/C21H25N3O3/c1-14-15-11-18-19(27-10-9-26-18)12-16(15)21(6-3-4-7-21)13-24(14)20(25)17-5-8-22-23(17)2/h5,8,11-12,14H,3-4,6-7,9-10,13H2,1-2H3/t14-/m0/s1. The fourth-order valence-corrected chi connectivity index (χ4v) is 5.08. The predicted octanol–water partition coefficient (Wildman–Crippen LogP) is 3.22. The van der Waals surface area contributed by atoms with E-state index in [1.54, 1.807) is 16.9 Å². The largest absolute Gasteiger partial charge is 0.486 e. The van der Waals surface area contributed by atoms with Gasteiger partial charge in [-0.25, -0.2) is 0 Å². The third kappa shape index (κ3) is 2.46. The van der Waals surface area contributed by atoms with Crippen LogP contribution in [0, 0.1) is 0 Å². The number of rotatable bonds is 1. The molecule has 5 rings (SSSR count). The lowest BCUT2D eigenvalue weighted by Crippen LogP contribution is -2.49. The summed E-state index contributed by atoms with van der Waals surface area (Å²) in [5.41, 5.74) is 3.20. The fourth-order valence-electron chi connectivity index (χ4n) is 5.08. The molecule has 142 valence electrons. The van der Waals surface area contributed by atoms with Crippen molar-refractivity contribution in [2.24, 2.45) is 7.05 Å². The highest BCUT2D eigenvalue weighted by Gasteiger charge is 2.46. The predicted molar refractivity (Wildman–Crippen MR) is 100 cm³/mol. The van der Waals surface area contributed by atoms with Gasteiger partial charge in [0.2, 0.25) is 0 Å². The number of nitrogens with zero attached hydrogens (tertiary/aromatic N) is 3. The summed E-state index contributed by atoms with van der Waals surface area (Å²) >= 11 is 0. The highest BCUT2D eigenvalue weighted by atomic mass is 16.6. The zero-order valence-corrected chi connectivity index (χ0v) is 15.9. The van der Waals surface area contributed by atoms with Gasteiger partial charge in [-0.15, -0.1) is 0 Å². The van der Waals surface area contributed by atoms with Gasteiger partial charge < -0.3 is 14.4 Å². The summed E-state index contributed by atoms with van der Waals surface area (Å²) in [6.07, 6.45) is 6.32. The van der Waals surface area contributed by atoms with Gasteiger partial charge in [-0.2, -0.15) is 5.10 Å². The average Bonchev–Trinajstić information content (AvgIpc) is 3.33. The Morgan fingerprint density at radius 1 is 1.19 bits per heavy atom. The Morgan fingerprint density at radius 3 is 2.56 bits per heavy atom. The molecular formula is C21H25N3O3. The molecule has 1 aliphatic carbocycles. The smallest absolute Gasteiger partial charge is 0.272 e. The molecule has 2 aromatic rings. The van der Waals surface area contributed by atoms with E-state index in [1.165, 1.54) is 24.0 Å². The number of fused-ring (bicyclic) bond motifs is 3. The maximum Gasteiger partial charge on any atom is 0.272 e. The number of hydrogen-bond donors (Lipinski definition) is 0. The number of carbonyl (C=O) groups excluding carboxylic acids is 1. The molecule has 0 bridgehead atoms. The van der Waals surface area contributed by atoms with Crippen molar-refractivity contribution in [1.82, 2.24) is 14.7 Å². The van der Waals surface area contributed by atoms with Crippen LogP contribution in [-0.2, 0) is 12.5 Å². The minimum absolute atomic E-state index is 0.00977. The van der Waals surface area contributed by atoms with Crippen LogP contribution in [0.5, 0.6) is 11.5 Å². The van der Waals surface area contributed by atoms with Gasteiger partial charge in [-0.3, -0.25) is 9.48 Å². The first-order valence-electron chi connectivity index (χ1n) is 9.82. The molecule has 1 saturated carbocycles. The third-order valence-electron chi connectivity index (χ3n) is 6.54. The van der Waals surface area contributed by atoms with Crippen molar-refractivity contribution in [1.29, 1.82) is 0 Å². The van der Waals surface area contributed by atoms with Crippen molar-refractivity contribution in [3.63, 3.8) is 0 Å². The highest BCUT2D eigenvalue weighted by Crippen LogP contribution is 2.52. The van der Waals surface area contributed by atoms with E-state index in [2.05, 4.69) is 24.2 Å². The van der Waals surface area contributed by atoms with E-state index >= 15 is 0 Å². The van der Waals surface area contributed by atoms with Crippen molar-refractivity contribution < 1.29 is 14.3 Å². The van der Waals surface area contributed by atoms with Gasteiger partial charge >= 0.3 is 0 Å². The summed E-state index contributed by atoms with van der Waals surface area (Å²) in [7, 11) is 1.82. The van der Waals surface area contributed by atoms with Gasteiger partial charge in [0.15, 0.2) is 11.5 Å². The Labute approximate surface area is 159 Å². The van der Waals surface area contributed by atoms with Crippen LogP contribution in [0.3, 0.4) is 0 Å². The summed E-state index contributed by atoms with van der Waals surface area (Å²) in [5, 5.41) is 4.18. The molecule has 0 saturated heterocycles. The van der Waals surface area contributed by atoms with Crippen LogP contribution in [-0.4, -0.2) is 40.3 Å². The number of benzene rings is 1. The normalized spacial score (nSPS) is 22.7. The number of amides is 1. The Bertz CT molecular complexity index is 898. The minimum atomic E-state index is -0.00977. The summed E-state index contributed by atoms with van der Waals surface area (Å²) in [4.78, 5) is 15.4. The zero-order chi connectivity index (χ0) is 18.6. The molecule has 0 unspecified atom stereocenters. The molecule has 0 N–H and O–H groups in total. The Balaban J connectivity index is 1.62. The molecule has 27 heavy (non-hydrogen) atoms. The molecule has 3 aliphatic rings. The summed E-state index contributed by atoms with van der Waals surface area (Å²) < 4.78 is 13.4. The van der Waals surface area contributed by atoms with Gasteiger partial charge in [-0.05, 0) is 49.1 Å². The molecule has 0 radical (unpaired) electrons. The molecular weight excluding hydrogens is 342 g/mol. The second-order valence-electron chi connectivity index (χ2n) is 8.02. The van der Waals surface area contributed by atoms with Crippen molar-refractivity contribution in [2.45, 2.75) is 44.1 Å². The lowest BCUT2D eigenvalue weighted by Gasteiger charge is -2.46. The van der Waals surface area contributed by atoms with Gasteiger partial charge in [0.05, 0.1) is 6.04 Å². The minimum Gasteiger partial charge on any atom is -0.486 e. The van der Waals surface area contributed by atoms with Crippen LogP contribution in [0.15, 0.2) is 24.4 Å². The van der Waals surface area contributed by atoms with Gasteiger partial charge in [0, 0.05) is 25.2 Å². The van der Waals surface area contributed by atoms with Gasteiger partial charge in [-0.1, -0.05) is 12.8 Å². The molecule has 2 aliphatic heterocycles. The first-order valence-corrected chi connectivity index (χ1v) is 9.82. The van der Waals surface area contributed by atoms with Crippen LogP contribution in [0.2, 0.25) is 0 Å². The molecule has 6 heteroatoms. The Hall–Kier alpha value is -2.50. The molecule has 1 aromatic heterocycles. The zero-order valence-electron chi connectivity index (χ0n) is 15.9. The highest BCUT2D eigenvalue weighted by molar-refractivity contribution is 5.93. The lowest BCUT2D eigenvalue weighted by atomic mass is 9.71. The van der Waals surface area contributed by atoms with Crippen LogP contribution >= 0.6 is 0 Å². The van der Waals surface area contributed by atoms with E-state index in [0.29, 0.717) is 18.9 Å². The number of aromatic nitrogens is 2. The Morgan fingerprint density at radius 2 is 1.89 bits per heavy atom. The lowest BCUT2D eigenvalue weighted by molar-refractivity contribution is 0.0582. The van der Waals surface area contributed by atoms with Gasteiger partial charge in [0.1, 0.15) is 18.9 Å². The molecule has 1 fully saturated rings. The summed E-state index contributed by atoms with van der Waals surface area (Å²) in [5.74, 6) is 1.70. The van der Waals surface area contributed by atoms with Crippen LogP contribution in [0.1, 0.15) is 60.3 Å². The van der Waals surface area contributed by atoms with Crippen LogP contribution < -0.4 is 9.47 Å². The maximum atomic E-state index is 13.3. The van der Waals surface area contributed by atoms with E-state index in [4.69, 9.17) is 9.47 Å². The first-order chi connectivity index (χ1) is 13.1. The second kappa shape index (κ2) is 6.01. The van der Waals surface area contributed by atoms with Crippen molar-refractivity contribution >= 4 is 5.91 Å². The summed E-state index contributed by atoms with van der Waals surface area (Å²) in [6, 6.07) is 6.09. The van der Waals surface area contributed by atoms with Crippen molar-refractivity contribution in [3.8, 4) is 11.5 Å². The number of ether oxygens (including phenoxy) is 2. The van der Waals surface area contributed by atoms with Crippen LogP contribution in [0.4, 0.5) is 0 Å². The van der Waals surface area contributed by atoms with Crippen molar-refractivity contribution in [3.05, 3.63) is 41.2 Å². The molecule has 6 nitrogen and oxygen atoms in total. The van der Waals surface area contributed by atoms with E-state index in [9.17, 15) is 4.79 Å². The number of aryl methyl sites for hydroxylation is 1. The van der Waals surface area contributed by atoms with E-state index in [1.807, 2.05) is 11.9 Å².